The van der Waals surface area contributed by atoms with Crippen LogP contribution in [0.4, 0.5) is 0 Å². The molecule has 0 radical (unpaired) electrons. The zero-order valence-electron chi connectivity index (χ0n) is 11.6. The van der Waals surface area contributed by atoms with E-state index in [0.29, 0.717) is 18.3 Å². The number of benzene rings is 1. The number of rotatable bonds is 5. The smallest absolute Gasteiger partial charge is 0.240 e. The molecule has 5 nitrogen and oxygen atoms in total. The van der Waals surface area contributed by atoms with Crippen LogP contribution in [0.5, 0.6) is 0 Å². The van der Waals surface area contributed by atoms with Gasteiger partial charge in [-0.25, -0.2) is 0 Å². The van der Waals surface area contributed by atoms with E-state index in [4.69, 9.17) is 4.52 Å². The lowest BCUT2D eigenvalue weighted by Gasteiger charge is -1.98. The van der Waals surface area contributed by atoms with E-state index >= 15 is 0 Å². The molecular formula is C16H16N4O. The number of fused-ring (bicyclic) bond motifs is 1. The highest BCUT2D eigenvalue weighted by atomic mass is 16.5. The van der Waals surface area contributed by atoms with E-state index in [2.05, 4.69) is 20.4 Å². The molecule has 21 heavy (non-hydrogen) atoms. The molecule has 0 unspecified atom stereocenters. The molecule has 0 spiro atoms. The van der Waals surface area contributed by atoms with Crippen LogP contribution in [0, 0.1) is 5.92 Å². The van der Waals surface area contributed by atoms with Crippen molar-refractivity contribution in [3.8, 4) is 11.4 Å². The Labute approximate surface area is 122 Å². The van der Waals surface area contributed by atoms with Crippen LogP contribution in [-0.2, 0) is 6.54 Å². The van der Waals surface area contributed by atoms with Gasteiger partial charge in [0, 0.05) is 17.1 Å². The zero-order chi connectivity index (χ0) is 14.1. The van der Waals surface area contributed by atoms with Crippen molar-refractivity contribution in [1.82, 2.24) is 20.4 Å². The maximum atomic E-state index is 5.29. The summed E-state index contributed by atoms with van der Waals surface area (Å²) in [7, 11) is 0. The Morgan fingerprint density at radius 3 is 3.10 bits per heavy atom. The summed E-state index contributed by atoms with van der Waals surface area (Å²) >= 11 is 0. The number of hydrogen-bond donors (Lipinski definition) is 1. The van der Waals surface area contributed by atoms with Crippen LogP contribution in [0.2, 0.25) is 0 Å². The molecule has 2 heterocycles. The van der Waals surface area contributed by atoms with Crippen molar-refractivity contribution in [2.24, 2.45) is 5.92 Å². The average molecular weight is 280 g/mol. The van der Waals surface area contributed by atoms with Crippen molar-refractivity contribution in [3.05, 3.63) is 42.4 Å². The maximum Gasteiger partial charge on any atom is 0.240 e. The third kappa shape index (κ3) is 2.78. The van der Waals surface area contributed by atoms with Gasteiger partial charge in [0.05, 0.1) is 12.1 Å². The number of aromatic nitrogens is 3. The number of hydrogen-bond acceptors (Lipinski definition) is 5. The van der Waals surface area contributed by atoms with E-state index in [9.17, 15) is 0 Å². The molecule has 0 bridgehead atoms. The molecule has 1 N–H and O–H groups in total. The van der Waals surface area contributed by atoms with Gasteiger partial charge in [0.2, 0.25) is 11.7 Å². The Bertz CT molecular complexity index is 764. The molecule has 0 aliphatic heterocycles. The van der Waals surface area contributed by atoms with Gasteiger partial charge >= 0.3 is 0 Å². The van der Waals surface area contributed by atoms with Gasteiger partial charge < -0.3 is 9.84 Å². The molecule has 2 aromatic heterocycles. The SMILES string of the molecule is c1cnc2ccc(-c3noc(CNCC4CC4)n3)cc2c1. The maximum absolute atomic E-state index is 5.29. The second-order valence-electron chi connectivity index (χ2n) is 5.50. The summed E-state index contributed by atoms with van der Waals surface area (Å²) in [5, 5.41) is 8.49. The van der Waals surface area contributed by atoms with Crippen LogP contribution >= 0.6 is 0 Å². The molecule has 0 saturated heterocycles. The molecular weight excluding hydrogens is 264 g/mol. The van der Waals surface area contributed by atoms with Crippen LogP contribution < -0.4 is 5.32 Å². The first-order chi connectivity index (χ1) is 10.4. The molecule has 4 rings (SSSR count). The normalized spacial score (nSPS) is 14.7. The van der Waals surface area contributed by atoms with Gasteiger partial charge in [-0.15, -0.1) is 0 Å². The molecule has 3 aromatic rings. The third-order valence-electron chi connectivity index (χ3n) is 3.74. The molecule has 106 valence electrons. The fraction of sp³-hybridized carbons (Fsp3) is 0.312. The molecule has 0 amide bonds. The van der Waals surface area contributed by atoms with Crippen molar-refractivity contribution in [3.63, 3.8) is 0 Å². The Kier molecular flexibility index (Phi) is 3.12. The highest BCUT2D eigenvalue weighted by molar-refractivity contribution is 5.82. The van der Waals surface area contributed by atoms with E-state index in [1.807, 2.05) is 30.3 Å². The average Bonchev–Trinajstić information content (AvgIpc) is 3.23. The Morgan fingerprint density at radius 1 is 1.24 bits per heavy atom. The lowest BCUT2D eigenvalue weighted by molar-refractivity contribution is 0.367. The molecule has 1 saturated carbocycles. The molecule has 1 fully saturated rings. The van der Waals surface area contributed by atoms with Gasteiger partial charge in [0.15, 0.2) is 0 Å². The lowest BCUT2D eigenvalue weighted by Crippen LogP contribution is -2.16. The van der Waals surface area contributed by atoms with Crippen LogP contribution in [0.1, 0.15) is 18.7 Å². The van der Waals surface area contributed by atoms with E-state index in [1.165, 1.54) is 12.8 Å². The van der Waals surface area contributed by atoms with Crippen LogP contribution in [0.3, 0.4) is 0 Å². The number of pyridine rings is 1. The number of nitrogens with zero attached hydrogens (tertiary/aromatic N) is 3. The summed E-state index contributed by atoms with van der Waals surface area (Å²) < 4.78 is 5.29. The molecule has 1 aromatic carbocycles. The molecule has 0 atom stereocenters. The summed E-state index contributed by atoms with van der Waals surface area (Å²) in [6.45, 7) is 1.68. The number of nitrogens with one attached hydrogen (secondary N) is 1. The summed E-state index contributed by atoms with van der Waals surface area (Å²) in [5.41, 5.74) is 1.92. The highest BCUT2D eigenvalue weighted by Crippen LogP contribution is 2.27. The van der Waals surface area contributed by atoms with Crippen molar-refractivity contribution in [2.45, 2.75) is 19.4 Å². The van der Waals surface area contributed by atoms with Crippen LogP contribution in [0.25, 0.3) is 22.3 Å². The predicted molar refractivity (Wildman–Crippen MR) is 79.5 cm³/mol. The first-order valence-corrected chi connectivity index (χ1v) is 7.27. The minimum Gasteiger partial charge on any atom is -0.338 e. The topological polar surface area (TPSA) is 63.8 Å². The van der Waals surface area contributed by atoms with Crippen molar-refractivity contribution < 1.29 is 4.52 Å². The van der Waals surface area contributed by atoms with Gasteiger partial charge in [-0.2, -0.15) is 4.98 Å². The van der Waals surface area contributed by atoms with E-state index < -0.39 is 0 Å². The van der Waals surface area contributed by atoms with E-state index in [0.717, 1.165) is 28.9 Å². The van der Waals surface area contributed by atoms with E-state index in [-0.39, 0.29) is 0 Å². The fourth-order valence-electron chi connectivity index (χ4n) is 2.36. The van der Waals surface area contributed by atoms with Crippen molar-refractivity contribution in [1.29, 1.82) is 0 Å². The molecule has 5 heteroatoms. The van der Waals surface area contributed by atoms with Gasteiger partial charge in [-0.3, -0.25) is 4.98 Å². The second kappa shape index (κ2) is 5.26. The quantitative estimate of drug-likeness (QED) is 0.778. The fourth-order valence-corrected chi connectivity index (χ4v) is 2.36. The van der Waals surface area contributed by atoms with Gasteiger partial charge in [-0.05, 0) is 49.6 Å². The lowest BCUT2D eigenvalue weighted by atomic mass is 10.1. The second-order valence-corrected chi connectivity index (χ2v) is 5.50. The molecule has 1 aliphatic rings. The Morgan fingerprint density at radius 2 is 2.19 bits per heavy atom. The van der Waals surface area contributed by atoms with Gasteiger partial charge in [0.1, 0.15) is 0 Å². The summed E-state index contributed by atoms with van der Waals surface area (Å²) in [4.78, 5) is 8.75. The minimum atomic E-state index is 0.629. The van der Waals surface area contributed by atoms with Crippen LogP contribution in [0.15, 0.2) is 41.1 Å². The minimum absolute atomic E-state index is 0.629. The Hall–Kier alpha value is -2.27. The van der Waals surface area contributed by atoms with Crippen LogP contribution in [-0.4, -0.2) is 21.7 Å². The standard InChI is InChI=1S/C16H16N4O/c1-2-12-8-13(5-6-14(12)18-7-1)16-19-15(21-20-16)10-17-9-11-3-4-11/h1-2,5-8,11,17H,3-4,9-10H2. The largest absolute Gasteiger partial charge is 0.338 e. The third-order valence-corrected chi connectivity index (χ3v) is 3.74. The first-order valence-electron chi connectivity index (χ1n) is 7.27. The zero-order valence-corrected chi connectivity index (χ0v) is 11.6. The predicted octanol–water partition coefficient (Wildman–Crippen LogP) is 2.78. The summed E-state index contributed by atoms with van der Waals surface area (Å²) in [6, 6.07) is 9.95. The Balaban J connectivity index is 1.52. The summed E-state index contributed by atoms with van der Waals surface area (Å²) in [5.74, 6) is 2.11. The van der Waals surface area contributed by atoms with Crippen molar-refractivity contribution in [2.75, 3.05) is 6.54 Å². The summed E-state index contributed by atoms with van der Waals surface area (Å²) in [6.07, 6.45) is 4.47. The first kappa shape index (κ1) is 12.5. The molecule has 1 aliphatic carbocycles. The highest BCUT2D eigenvalue weighted by Gasteiger charge is 2.20. The van der Waals surface area contributed by atoms with Crippen molar-refractivity contribution >= 4 is 10.9 Å². The van der Waals surface area contributed by atoms with E-state index in [1.54, 1.807) is 6.20 Å². The van der Waals surface area contributed by atoms with Gasteiger partial charge in [0.25, 0.3) is 0 Å². The van der Waals surface area contributed by atoms with Gasteiger partial charge in [-0.1, -0.05) is 11.2 Å². The monoisotopic (exact) mass is 280 g/mol.